The van der Waals surface area contributed by atoms with E-state index >= 15 is 0 Å². The maximum Gasteiger partial charge on any atom is 0.352 e. The molecule has 0 bridgehead atoms. The van der Waals surface area contributed by atoms with E-state index in [0.717, 1.165) is 31.3 Å². The standard InChI is InChI=1S/C17H17F2N3O2/c18-12-5-4-11(14(19)7-12)10-24-15-8-16-21-6-2-1-3-13(21)9-22(16)17(23)20-15/h4-5,7-8,13H,1-3,6,9-10H2/t13-/m1/s1. The van der Waals surface area contributed by atoms with Crippen LogP contribution < -0.4 is 15.3 Å². The Morgan fingerprint density at radius 3 is 2.96 bits per heavy atom. The number of aromatic nitrogens is 2. The third-order valence-electron chi connectivity index (χ3n) is 4.67. The summed E-state index contributed by atoms with van der Waals surface area (Å²) in [6.07, 6.45) is 3.34. The van der Waals surface area contributed by atoms with E-state index in [-0.39, 0.29) is 23.7 Å². The van der Waals surface area contributed by atoms with Crippen LogP contribution in [0.15, 0.2) is 29.1 Å². The van der Waals surface area contributed by atoms with Crippen LogP contribution in [0.5, 0.6) is 5.88 Å². The Morgan fingerprint density at radius 1 is 1.25 bits per heavy atom. The molecule has 7 heteroatoms. The molecule has 126 valence electrons. The summed E-state index contributed by atoms with van der Waals surface area (Å²) in [6.45, 7) is 1.47. The number of ether oxygens (including phenoxy) is 1. The highest BCUT2D eigenvalue weighted by atomic mass is 19.1. The van der Waals surface area contributed by atoms with Gasteiger partial charge in [0, 0.05) is 36.8 Å². The molecule has 0 radical (unpaired) electrons. The molecule has 1 aromatic carbocycles. The molecule has 5 nitrogen and oxygen atoms in total. The normalized spacial score (nSPS) is 19.1. The fourth-order valence-corrected chi connectivity index (χ4v) is 3.45. The second-order valence-corrected chi connectivity index (χ2v) is 6.21. The van der Waals surface area contributed by atoms with E-state index in [9.17, 15) is 13.6 Å². The van der Waals surface area contributed by atoms with Crippen LogP contribution in [0.25, 0.3) is 0 Å². The van der Waals surface area contributed by atoms with Crippen molar-refractivity contribution in [2.24, 2.45) is 0 Å². The van der Waals surface area contributed by atoms with Gasteiger partial charge in [0.25, 0.3) is 0 Å². The van der Waals surface area contributed by atoms with Crippen LogP contribution in [-0.2, 0) is 13.2 Å². The molecule has 0 N–H and O–H groups in total. The summed E-state index contributed by atoms with van der Waals surface area (Å²) >= 11 is 0. The van der Waals surface area contributed by atoms with Crippen molar-refractivity contribution >= 4 is 5.82 Å². The van der Waals surface area contributed by atoms with Crippen molar-refractivity contribution in [2.45, 2.75) is 38.5 Å². The molecule has 2 aliphatic rings. The van der Waals surface area contributed by atoms with Gasteiger partial charge in [0.15, 0.2) is 0 Å². The average Bonchev–Trinajstić information content (AvgIpc) is 2.94. The summed E-state index contributed by atoms with van der Waals surface area (Å²) in [5, 5.41) is 0. The first kappa shape index (κ1) is 15.1. The summed E-state index contributed by atoms with van der Waals surface area (Å²) in [5.74, 6) is -0.333. The van der Waals surface area contributed by atoms with E-state index < -0.39 is 11.6 Å². The van der Waals surface area contributed by atoms with E-state index in [2.05, 4.69) is 9.88 Å². The molecule has 0 unspecified atom stereocenters. The minimum atomic E-state index is -0.677. The van der Waals surface area contributed by atoms with Gasteiger partial charge in [-0.05, 0) is 31.4 Å². The Morgan fingerprint density at radius 2 is 2.12 bits per heavy atom. The highest BCUT2D eigenvalue weighted by Gasteiger charge is 2.32. The first-order chi connectivity index (χ1) is 11.6. The van der Waals surface area contributed by atoms with Crippen molar-refractivity contribution in [3.8, 4) is 5.88 Å². The summed E-state index contributed by atoms with van der Waals surface area (Å²) in [7, 11) is 0. The van der Waals surface area contributed by atoms with Crippen molar-refractivity contribution in [1.29, 1.82) is 0 Å². The van der Waals surface area contributed by atoms with Gasteiger partial charge in [-0.3, -0.25) is 4.57 Å². The predicted octanol–water partition coefficient (Wildman–Crippen LogP) is 2.47. The molecule has 0 amide bonds. The molecule has 3 heterocycles. The van der Waals surface area contributed by atoms with Crippen molar-refractivity contribution in [2.75, 3.05) is 11.4 Å². The zero-order valence-corrected chi connectivity index (χ0v) is 13.0. The lowest BCUT2D eigenvalue weighted by atomic mass is 10.0. The monoisotopic (exact) mass is 333 g/mol. The molecular weight excluding hydrogens is 316 g/mol. The van der Waals surface area contributed by atoms with Crippen LogP contribution in [0.2, 0.25) is 0 Å². The summed E-state index contributed by atoms with van der Waals surface area (Å²) in [4.78, 5) is 18.4. The van der Waals surface area contributed by atoms with E-state index in [4.69, 9.17) is 4.74 Å². The minimum absolute atomic E-state index is 0.106. The first-order valence-electron chi connectivity index (χ1n) is 8.07. The smallest absolute Gasteiger partial charge is 0.352 e. The minimum Gasteiger partial charge on any atom is -0.472 e. The fraction of sp³-hybridized carbons (Fsp3) is 0.412. The molecular formula is C17H17F2N3O2. The number of rotatable bonds is 3. The van der Waals surface area contributed by atoms with Crippen LogP contribution in [0.1, 0.15) is 24.8 Å². The van der Waals surface area contributed by atoms with Gasteiger partial charge in [-0.1, -0.05) is 0 Å². The predicted molar refractivity (Wildman–Crippen MR) is 84.2 cm³/mol. The molecule has 0 saturated carbocycles. The van der Waals surface area contributed by atoms with Gasteiger partial charge in [0.2, 0.25) is 5.88 Å². The summed E-state index contributed by atoms with van der Waals surface area (Å²) in [6, 6.07) is 5.38. The van der Waals surface area contributed by atoms with Crippen LogP contribution in [0.3, 0.4) is 0 Å². The van der Waals surface area contributed by atoms with E-state index in [1.165, 1.54) is 18.6 Å². The largest absolute Gasteiger partial charge is 0.472 e. The lowest BCUT2D eigenvalue weighted by Crippen LogP contribution is -2.36. The van der Waals surface area contributed by atoms with Crippen LogP contribution in [0, 0.1) is 11.6 Å². The molecule has 0 spiro atoms. The molecule has 0 aliphatic carbocycles. The van der Waals surface area contributed by atoms with Gasteiger partial charge in [0.05, 0.1) is 0 Å². The van der Waals surface area contributed by atoms with Crippen molar-refractivity contribution in [1.82, 2.24) is 9.55 Å². The third-order valence-corrected chi connectivity index (χ3v) is 4.67. The topological polar surface area (TPSA) is 47.4 Å². The first-order valence-corrected chi connectivity index (χ1v) is 8.07. The lowest BCUT2D eigenvalue weighted by molar-refractivity contribution is 0.285. The number of anilines is 1. The number of hydrogen-bond donors (Lipinski definition) is 0. The van der Waals surface area contributed by atoms with E-state index in [1.54, 1.807) is 10.6 Å². The van der Waals surface area contributed by atoms with Crippen LogP contribution in [-0.4, -0.2) is 22.1 Å². The molecule has 1 atom stereocenters. The highest BCUT2D eigenvalue weighted by molar-refractivity contribution is 5.47. The van der Waals surface area contributed by atoms with Gasteiger partial charge in [-0.2, -0.15) is 4.98 Å². The number of piperidine rings is 1. The lowest BCUT2D eigenvalue weighted by Gasteiger charge is -2.30. The van der Waals surface area contributed by atoms with Gasteiger partial charge >= 0.3 is 5.69 Å². The van der Waals surface area contributed by atoms with E-state index in [0.29, 0.717) is 12.6 Å². The molecule has 1 aromatic heterocycles. The van der Waals surface area contributed by atoms with Crippen molar-refractivity contribution in [3.05, 3.63) is 51.9 Å². The van der Waals surface area contributed by atoms with E-state index in [1.807, 2.05) is 0 Å². The Balaban J connectivity index is 1.57. The number of halogens is 2. The maximum atomic E-state index is 13.7. The molecule has 2 aliphatic heterocycles. The quantitative estimate of drug-likeness (QED) is 0.866. The Bertz CT molecular complexity index is 837. The Labute approximate surface area is 137 Å². The second-order valence-electron chi connectivity index (χ2n) is 6.21. The average molecular weight is 333 g/mol. The van der Waals surface area contributed by atoms with Crippen LogP contribution >= 0.6 is 0 Å². The number of benzene rings is 1. The zero-order valence-electron chi connectivity index (χ0n) is 13.0. The Kier molecular flexibility index (Phi) is 3.70. The molecule has 24 heavy (non-hydrogen) atoms. The fourth-order valence-electron chi connectivity index (χ4n) is 3.45. The van der Waals surface area contributed by atoms with Gasteiger partial charge < -0.3 is 9.64 Å². The second kappa shape index (κ2) is 5.89. The number of nitrogens with zero attached hydrogens (tertiary/aromatic N) is 3. The summed E-state index contributed by atoms with van der Waals surface area (Å²) in [5.41, 5.74) is -0.133. The van der Waals surface area contributed by atoms with Gasteiger partial charge in [-0.25, -0.2) is 13.6 Å². The van der Waals surface area contributed by atoms with Gasteiger partial charge in [0.1, 0.15) is 24.1 Å². The van der Waals surface area contributed by atoms with Crippen LogP contribution in [0.4, 0.5) is 14.6 Å². The molecule has 2 aromatic rings. The number of fused-ring (bicyclic) bond motifs is 3. The molecule has 1 fully saturated rings. The molecule has 4 rings (SSSR count). The zero-order chi connectivity index (χ0) is 16.7. The van der Waals surface area contributed by atoms with Crippen molar-refractivity contribution in [3.63, 3.8) is 0 Å². The molecule has 1 saturated heterocycles. The third kappa shape index (κ3) is 2.64. The van der Waals surface area contributed by atoms with Crippen molar-refractivity contribution < 1.29 is 13.5 Å². The van der Waals surface area contributed by atoms with Gasteiger partial charge in [-0.15, -0.1) is 0 Å². The Hall–Kier alpha value is -2.44. The SMILES string of the molecule is O=c1nc(OCc2ccc(F)cc2F)cc2n1C[C@H]1CCCCN21. The maximum absolute atomic E-state index is 13.7. The highest BCUT2D eigenvalue weighted by Crippen LogP contribution is 2.32. The number of hydrogen-bond acceptors (Lipinski definition) is 4. The summed E-state index contributed by atoms with van der Waals surface area (Å²) < 4.78 is 33.7.